The Bertz CT molecular complexity index is 1320. The van der Waals surface area contributed by atoms with Gasteiger partial charge in [-0.3, -0.25) is 9.59 Å². The second-order valence-corrected chi connectivity index (χ2v) is 10.3. The zero-order chi connectivity index (χ0) is 24.6. The molecule has 2 atom stereocenters. The molecule has 1 N–H and O–H groups in total. The SMILES string of the molecule is O=C(O)c1cc(N2C(=O)C3C4c5ccccc5C(c5ccccc54)C3C2=O)ccc1N1CCCCC1. The highest BCUT2D eigenvalue weighted by Gasteiger charge is 2.61. The molecule has 0 aromatic heterocycles. The van der Waals surface area contributed by atoms with Gasteiger partial charge in [0.25, 0.3) is 0 Å². The van der Waals surface area contributed by atoms with Crippen LogP contribution >= 0.6 is 0 Å². The van der Waals surface area contributed by atoms with Crippen molar-refractivity contribution < 1.29 is 19.5 Å². The van der Waals surface area contributed by atoms with Gasteiger partial charge in [0.2, 0.25) is 11.8 Å². The summed E-state index contributed by atoms with van der Waals surface area (Å²) in [5, 5.41) is 10.0. The average Bonchev–Trinajstić information content (AvgIpc) is 3.19. The van der Waals surface area contributed by atoms with E-state index in [1.54, 1.807) is 12.1 Å². The van der Waals surface area contributed by atoms with Crippen LogP contribution in [0.25, 0.3) is 0 Å². The maximum Gasteiger partial charge on any atom is 0.337 e. The van der Waals surface area contributed by atoms with Gasteiger partial charge in [-0.25, -0.2) is 9.69 Å². The van der Waals surface area contributed by atoms with E-state index in [1.807, 2.05) is 24.3 Å². The van der Waals surface area contributed by atoms with Gasteiger partial charge in [-0.15, -0.1) is 0 Å². The lowest BCUT2D eigenvalue weighted by Gasteiger charge is -2.45. The number of aromatic carboxylic acids is 1. The van der Waals surface area contributed by atoms with Gasteiger partial charge in [0, 0.05) is 24.9 Å². The number of carboxylic acids is 1. The molecule has 3 aromatic rings. The molecule has 6 heteroatoms. The van der Waals surface area contributed by atoms with Crippen molar-refractivity contribution in [3.05, 3.63) is 94.5 Å². The number of amides is 2. The summed E-state index contributed by atoms with van der Waals surface area (Å²) in [7, 11) is 0. The molecule has 2 fully saturated rings. The number of hydrogen-bond donors (Lipinski definition) is 1. The molecule has 3 aliphatic carbocycles. The second kappa shape index (κ2) is 7.79. The predicted octanol–water partition coefficient (Wildman–Crippen LogP) is 4.77. The van der Waals surface area contributed by atoms with E-state index in [1.165, 1.54) is 11.0 Å². The minimum absolute atomic E-state index is 0.138. The zero-order valence-corrected chi connectivity index (χ0v) is 19.8. The van der Waals surface area contributed by atoms with Gasteiger partial charge >= 0.3 is 5.97 Å². The molecule has 8 rings (SSSR count). The van der Waals surface area contributed by atoms with E-state index < -0.39 is 17.8 Å². The Morgan fingerprint density at radius 2 is 1.22 bits per heavy atom. The molecule has 3 aromatic carbocycles. The van der Waals surface area contributed by atoms with Crippen molar-refractivity contribution in [1.82, 2.24) is 0 Å². The van der Waals surface area contributed by atoms with Gasteiger partial charge in [-0.2, -0.15) is 0 Å². The van der Waals surface area contributed by atoms with Crippen LogP contribution in [-0.4, -0.2) is 36.0 Å². The topological polar surface area (TPSA) is 77.9 Å². The zero-order valence-electron chi connectivity index (χ0n) is 19.8. The molecule has 6 nitrogen and oxygen atoms in total. The Labute approximate surface area is 209 Å². The standard InChI is InChI=1S/C30H26N2O4/c33-28-26-24-18-8-2-3-9-19(18)25(21-11-5-4-10-20(21)24)27(26)29(34)32(28)17-12-13-23(22(16-17)30(35)36)31-14-6-1-7-15-31/h2-5,8-13,16,24-27H,1,6-7,14-15H2,(H,35,36). The van der Waals surface area contributed by atoms with Gasteiger partial charge in [-0.05, 0) is 59.7 Å². The molecular formula is C30H26N2O4. The summed E-state index contributed by atoms with van der Waals surface area (Å²) in [6.45, 7) is 1.62. The van der Waals surface area contributed by atoms with Crippen molar-refractivity contribution in [2.24, 2.45) is 11.8 Å². The minimum Gasteiger partial charge on any atom is -0.478 e. The number of rotatable bonds is 3. The summed E-state index contributed by atoms with van der Waals surface area (Å²) in [6.07, 6.45) is 3.19. The van der Waals surface area contributed by atoms with Crippen molar-refractivity contribution >= 4 is 29.2 Å². The average molecular weight is 479 g/mol. The summed E-state index contributed by atoms with van der Waals surface area (Å²) in [5.41, 5.74) is 5.63. The maximum atomic E-state index is 14.0. The molecule has 2 heterocycles. The van der Waals surface area contributed by atoms with Crippen molar-refractivity contribution in [2.45, 2.75) is 31.1 Å². The number of carbonyl (C=O) groups is 3. The molecule has 2 amide bonds. The first kappa shape index (κ1) is 21.4. The molecule has 180 valence electrons. The first-order chi connectivity index (χ1) is 17.6. The molecular weight excluding hydrogens is 452 g/mol. The van der Waals surface area contributed by atoms with Crippen molar-refractivity contribution in [3.8, 4) is 0 Å². The Morgan fingerprint density at radius 3 is 1.69 bits per heavy atom. The fourth-order valence-electron chi connectivity index (χ4n) is 7.18. The van der Waals surface area contributed by atoms with Gasteiger partial charge < -0.3 is 10.0 Å². The molecule has 2 unspecified atom stereocenters. The number of nitrogens with zero attached hydrogens (tertiary/aromatic N) is 2. The van der Waals surface area contributed by atoms with Crippen LogP contribution in [0.15, 0.2) is 66.7 Å². The molecule has 2 saturated heterocycles. The second-order valence-electron chi connectivity index (χ2n) is 10.3. The Morgan fingerprint density at radius 1 is 0.722 bits per heavy atom. The summed E-state index contributed by atoms with van der Waals surface area (Å²) in [5.74, 6) is -2.84. The summed E-state index contributed by atoms with van der Waals surface area (Å²) < 4.78 is 0. The van der Waals surface area contributed by atoms with Crippen LogP contribution in [0.3, 0.4) is 0 Å². The number of carboxylic acid groups (broad SMARTS) is 1. The summed E-state index contributed by atoms with van der Waals surface area (Å²) in [4.78, 5) is 43.6. The van der Waals surface area contributed by atoms with Crippen LogP contribution in [0.1, 0.15) is 63.7 Å². The normalized spacial score (nSPS) is 26.0. The van der Waals surface area contributed by atoms with Crippen LogP contribution < -0.4 is 9.80 Å². The largest absolute Gasteiger partial charge is 0.478 e. The number of carbonyl (C=O) groups excluding carboxylic acids is 2. The van der Waals surface area contributed by atoms with Crippen LogP contribution in [0.5, 0.6) is 0 Å². The van der Waals surface area contributed by atoms with E-state index in [-0.39, 0.29) is 29.2 Å². The number of piperidine rings is 1. The van der Waals surface area contributed by atoms with Gasteiger partial charge in [0.05, 0.1) is 28.8 Å². The molecule has 2 aliphatic heterocycles. The number of anilines is 2. The third kappa shape index (κ3) is 2.81. The highest BCUT2D eigenvalue weighted by molar-refractivity contribution is 6.23. The van der Waals surface area contributed by atoms with Crippen molar-refractivity contribution in [3.63, 3.8) is 0 Å². The first-order valence-corrected chi connectivity index (χ1v) is 12.7. The Kier molecular flexibility index (Phi) is 4.62. The maximum absolute atomic E-state index is 14.0. The van der Waals surface area contributed by atoms with E-state index in [2.05, 4.69) is 29.2 Å². The van der Waals surface area contributed by atoms with Crippen LogP contribution in [0.4, 0.5) is 11.4 Å². The van der Waals surface area contributed by atoms with Crippen molar-refractivity contribution in [1.29, 1.82) is 0 Å². The van der Waals surface area contributed by atoms with E-state index in [4.69, 9.17) is 0 Å². The Hall–Kier alpha value is -3.93. The van der Waals surface area contributed by atoms with Crippen LogP contribution in [0.2, 0.25) is 0 Å². The van der Waals surface area contributed by atoms with Gasteiger partial charge in [-0.1, -0.05) is 48.5 Å². The lowest BCUT2D eigenvalue weighted by molar-refractivity contribution is -0.122. The van der Waals surface area contributed by atoms with Crippen LogP contribution in [-0.2, 0) is 9.59 Å². The number of hydrogen-bond acceptors (Lipinski definition) is 4. The quantitative estimate of drug-likeness (QED) is 0.549. The van der Waals surface area contributed by atoms with Gasteiger partial charge in [0.15, 0.2) is 0 Å². The highest BCUT2D eigenvalue weighted by Crippen LogP contribution is 2.61. The lowest BCUT2D eigenvalue weighted by atomic mass is 9.55. The van der Waals surface area contributed by atoms with E-state index in [9.17, 15) is 19.5 Å². The van der Waals surface area contributed by atoms with Gasteiger partial charge in [0.1, 0.15) is 0 Å². The fourth-order valence-corrected chi connectivity index (χ4v) is 7.18. The number of benzene rings is 3. The highest BCUT2D eigenvalue weighted by atomic mass is 16.4. The Balaban J connectivity index is 1.33. The monoisotopic (exact) mass is 478 g/mol. The van der Waals surface area contributed by atoms with Crippen molar-refractivity contribution in [2.75, 3.05) is 22.9 Å². The summed E-state index contributed by atoms with van der Waals surface area (Å²) >= 11 is 0. The summed E-state index contributed by atoms with van der Waals surface area (Å²) in [6, 6.07) is 21.3. The molecule has 2 bridgehead atoms. The molecule has 36 heavy (non-hydrogen) atoms. The van der Waals surface area contributed by atoms with Crippen LogP contribution in [0, 0.1) is 11.8 Å². The van der Waals surface area contributed by atoms with E-state index >= 15 is 0 Å². The molecule has 0 radical (unpaired) electrons. The molecule has 5 aliphatic rings. The van der Waals surface area contributed by atoms with E-state index in [0.717, 1.165) is 54.6 Å². The smallest absolute Gasteiger partial charge is 0.337 e. The molecule has 0 saturated carbocycles. The number of imide groups is 1. The fraction of sp³-hybridized carbons (Fsp3) is 0.300. The molecule has 0 spiro atoms. The third-order valence-corrected chi connectivity index (χ3v) is 8.61. The minimum atomic E-state index is -1.05. The predicted molar refractivity (Wildman–Crippen MR) is 136 cm³/mol. The first-order valence-electron chi connectivity index (χ1n) is 12.7. The lowest BCUT2D eigenvalue weighted by Crippen LogP contribution is -2.41. The third-order valence-electron chi connectivity index (χ3n) is 8.61. The van der Waals surface area contributed by atoms with E-state index in [0.29, 0.717) is 11.4 Å².